The van der Waals surface area contributed by atoms with Gasteiger partial charge in [0, 0.05) is 18.8 Å². The number of carbonyl (C=O) groups excluding carboxylic acids is 1. The zero-order chi connectivity index (χ0) is 14.8. The predicted octanol–water partition coefficient (Wildman–Crippen LogP) is 2.55. The summed E-state index contributed by atoms with van der Waals surface area (Å²) in [5.41, 5.74) is 2.91. The highest BCUT2D eigenvalue weighted by Crippen LogP contribution is 2.25. The molecule has 1 aromatic carbocycles. The summed E-state index contributed by atoms with van der Waals surface area (Å²) in [6.07, 6.45) is 5.04. The number of aromatic nitrogens is 2. The first-order chi connectivity index (χ1) is 10.2. The maximum atomic E-state index is 12.4. The molecule has 0 aliphatic carbocycles. The third-order valence-corrected chi connectivity index (χ3v) is 3.80. The molecule has 1 aromatic heterocycles. The van der Waals surface area contributed by atoms with Gasteiger partial charge >= 0.3 is 0 Å². The molecule has 21 heavy (non-hydrogen) atoms. The molecule has 108 valence electrons. The smallest absolute Gasteiger partial charge is 0.255 e. The number of anilines is 1. The van der Waals surface area contributed by atoms with Crippen LogP contribution in [0.1, 0.15) is 25.2 Å². The second-order valence-electron chi connectivity index (χ2n) is 5.20. The van der Waals surface area contributed by atoms with Gasteiger partial charge in [0.25, 0.3) is 5.91 Å². The Morgan fingerprint density at radius 3 is 2.67 bits per heavy atom. The average molecular weight is 282 g/mol. The minimum atomic E-state index is -0.207. The van der Waals surface area contributed by atoms with Gasteiger partial charge in [0.1, 0.15) is 5.82 Å². The van der Waals surface area contributed by atoms with Gasteiger partial charge in [-0.3, -0.25) is 4.79 Å². The number of benzene rings is 1. The van der Waals surface area contributed by atoms with Crippen molar-refractivity contribution in [3.8, 4) is 0 Å². The van der Waals surface area contributed by atoms with Gasteiger partial charge in [-0.25, -0.2) is 9.99 Å². The first-order valence-corrected chi connectivity index (χ1v) is 7.17. The van der Waals surface area contributed by atoms with Crippen molar-refractivity contribution in [2.24, 2.45) is 11.0 Å². The topological polar surface area (TPSA) is 61.4 Å². The molecule has 0 radical (unpaired) electrons. The molecule has 1 amide bonds. The summed E-state index contributed by atoms with van der Waals surface area (Å²) >= 11 is 0. The van der Waals surface area contributed by atoms with Crippen LogP contribution in [0.25, 0.3) is 0 Å². The number of hydrogen-bond donors (Lipinski definition) is 1. The SMILES string of the molecule is CCc1ccc(N2N=C(Cc3ncc[nH]3)C(C)C2=O)cc1. The molecule has 0 fully saturated rings. The van der Waals surface area contributed by atoms with Crippen LogP contribution in [0.4, 0.5) is 5.69 Å². The molecule has 3 rings (SSSR count). The number of aromatic amines is 1. The maximum absolute atomic E-state index is 12.4. The van der Waals surface area contributed by atoms with E-state index in [1.165, 1.54) is 10.6 Å². The van der Waals surface area contributed by atoms with Crippen molar-refractivity contribution in [3.63, 3.8) is 0 Å². The van der Waals surface area contributed by atoms with Gasteiger partial charge in [0.2, 0.25) is 0 Å². The van der Waals surface area contributed by atoms with Gasteiger partial charge in [0.15, 0.2) is 0 Å². The number of nitrogens with zero attached hydrogens (tertiary/aromatic N) is 3. The van der Waals surface area contributed by atoms with Crippen molar-refractivity contribution < 1.29 is 4.79 Å². The first-order valence-electron chi connectivity index (χ1n) is 7.17. The minimum Gasteiger partial charge on any atom is -0.348 e. The zero-order valence-electron chi connectivity index (χ0n) is 12.2. The fourth-order valence-corrected chi connectivity index (χ4v) is 2.40. The Hall–Kier alpha value is -2.43. The molecule has 5 heteroatoms. The zero-order valence-corrected chi connectivity index (χ0v) is 12.2. The molecule has 1 N–H and O–H groups in total. The number of imidazole rings is 1. The molecular formula is C16H18N4O. The van der Waals surface area contributed by atoms with E-state index in [2.05, 4.69) is 22.0 Å². The Morgan fingerprint density at radius 1 is 1.29 bits per heavy atom. The van der Waals surface area contributed by atoms with Crippen LogP contribution in [0.2, 0.25) is 0 Å². The van der Waals surface area contributed by atoms with Crippen molar-refractivity contribution in [1.29, 1.82) is 0 Å². The van der Waals surface area contributed by atoms with E-state index in [4.69, 9.17) is 0 Å². The van der Waals surface area contributed by atoms with E-state index in [1.54, 1.807) is 12.4 Å². The number of hydrogen-bond acceptors (Lipinski definition) is 3. The van der Waals surface area contributed by atoms with Crippen LogP contribution >= 0.6 is 0 Å². The van der Waals surface area contributed by atoms with Crippen molar-refractivity contribution in [3.05, 3.63) is 48.0 Å². The number of H-pyrrole nitrogens is 1. The summed E-state index contributed by atoms with van der Waals surface area (Å²) in [5, 5.41) is 5.99. The Labute approximate surface area is 123 Å². The van der Waals surface area contributed by atoms with Crippen LogP contribution in [0.15, 0.2) is 41.8 Å². The summed E-state index contributed by atoms with van der Waals surface area (Å²) in [6.45, 7) is 4.00. The summed E-state index contributed by atoms with van der Waals surface area (Å²) in [6, 6.07) is 7.96. The molecule has 5 nitrogen and oxygen atoms in total. The Bertz CT molecular complexity index is 658. The van der Waals surface area contributed by atoms with E-state index in [0.29, 0.717) is 6.42 Å². The second kappa shape index (κ2) is 5.52. The van der Waals surface area contributed by atoms with Gasteiger partial charge in [-0.1, -0.05) is 19.1 Å². The van der Waals surface area contributed by atoms with E-state index in [1.807, 2.05) is 31.2 Å². The normalized spacial score (nSPS) is 18.2. The lowest BCUT2D eigenvalue weighted by Gasteiger charge is -2.13. The van der Waals surface area contributed by atoms with Gasteiger partial charge in [0.05, 0.1) is 17.3 Å². The molecule has 0 saturated carbocycles. The number of nitrogens with one attached hydrogen (secondary N) is 1. The Balaban J connectivity index is 1.84. The molecule has 1 atom stereocenters. The van der Waals surface area contributed by atoms with Crippen molar-refractivity contribution in [1.82, 2.24) is 9.97 Å². The van der Waals surface area contributed by atoms with E-state index in [-0.39, 0.29) is 11.8 Å². The molecular weight excluding hydrogens is 264 g/mol. The van der Waals surface area contributed by atoms with Gasteiger partial charge < -0.3 is 4.98 Å². The molecule has 2 heterocycles. The number of aryl methyl sites for hydroxylation is 1. The molecule has 2 aromatic rings. The highest BCUT2D eigenvalue weighted by Gasteiger charge is 2.33. The standard InChI is InChI=1S/C16H18N4O/c1-3-12-4-6-13(7-5-12)20-16(21)11(2)14(19-20)10-15-17-8-9-18-15/h4-9,11H,3,10H2,1-2H3,(H,17,18). The maximum Gasteiger partial charge on any atom is 0.255 e. The second-order valence-corrected chi connectivity index (χ2v) is 5.20. The largest absolute Gasteiger partial charge is 0.348 e. The van der Waals surface area contributed by atoms with Crippen molar-refractivity contribution >= 4 is 17.3 Å². The fraction of sp³-hybridized carbons (Fsp3) is 0.312. The highest BCUT2D eigenvalue weighted by atomic mass is 16.2. The van der Waals surface area contributed by atoms with Gasteiger partial charge in [-0.05, 0) is 31.0 Å². The molecule has 0 bridgehead atoms. The molecule has 0 saturated heterocycles. The lowest BCUT2D eigenvalue weighted by molar-refractivity contribution is -0.119. The summed E-state index contributed by atoms with van der Waals surface area (Å²) in [7, 11) is 0. The van der Waals surface area contributed by atoms with Crippen LogP contribution < -0.4 is 5.01 Å². The van der Waals surface area contributed by atoms with Crippen molar-refractivity contribution in [2.75, 3.05) is 5.01 Å². The van der Waals surface area contributed by atoms with Gasteiger partial charge in [-0.2, -0.15) is 5.10 Å². The highest BCUT2D eigenvalue weighted by molar-refractivity contribution is 6.15. The van der Waals surface area contributed by atoms with Crippen LogP contribution in [-0.2, 0) is 17.6 Å². The average Bonchev–Trinajstić information content (AvgIpc) is 3.11. The number of carbonyl (C=O) groups is 1. The van der Waals surface area contributed by atoms with Crippen LogP contribution in [0, 0.1) is 5.92 Å². The van der Waals surface area contributed by atoms with E-state index in [0.717, 1.165) is 23.6 Å². The molecule has 0 spiro atoms. The Morgan fingerprint density at radius 2 is 2.05 bits per heavy atom. The first kappa shape index (κ1) is 13.5. The summed E-state index contributed by atoms with van der Waals surface area (Å²) < 4.78 is 0. The Kier molecular flexibility index (Phi) is 3.56. The van der Waals surface area contributed by atoms with Crippen molar-refractivity contribution in [2.45, 2.75) is 26.7 Å². The number of amides is 1. The lowest BCUT2D eigenvalue weighted by atomic mass is 10.0. The monoisotopic (exact) mass is 282 g/mol. The predicted molar refractivity (Wildman–Crippen MR) is 82.2 cm³/mol. The fourth-order valence-electron chi connectivity index (χ4n) is 2.40. The van der Waals surface area contributed by atoms with Crippen LogP contribution in [0.5, 0.6) is 0 Å². The van der Waals surface area contributed by atoms with Crippen LogP contribution in [0.3, 0.4) is 0 Å². The molecule has 1 unspecified atom stereocenters. The quantitative estimate of drug-likeness (QED) is 0.936. The van der Waals surface area contributed by atoms with E-state index in [9.17, 15) is 4.79 Å². The lowest BCUT2D eigenvalue weighted by Crippen LogP contribution is -2.25. The number of hydrazone groups is 1. The summed E-state index contributed by atoms with van der Waals surface area (Å²) in [5.74, 6) is 0.637. The van der Waals surface area contributed by atoms with Crippen LogP contribution in [-0.4, -0.2) is 21.6 Å². The van der Waals surface area contributed by atoms with E-state index < -0.39 is 0 Å². The third kappa shape index (κ3) is 2.59. The molecule has 1 aliphatic heterocycles. The summed E-state index contributed by atoms with van der Waals surface area (Å²) in [4.78, 5) is 19.6. The minimum absolute atomic E-state index is 0.0146. The van der Waals surface area contributed by atoms with Gasteiger partial charge in [-0.15, -0.1) is 0 Å². The molecule has 1 aliphatic rings. The third-order valence-electron chi connectivity index (χ3n) is 3.80. The number of rotatable bonds is 4. The van der Waals surface area contributed by atoms with E-state index >= 15 is 0 Å².